The Kier molecular flexibility index (Phi) is 17.1. The number of unbranched alkanes of at least 4 members (excludes halogenated alkanes) is 12. The van der Waals surface area contributed by atoms with E-state index in [4.69, 9.17) is 11.6 Å². The van der Waals surface area contributed by atoms with E-state index in [0.29, 0.717) is 5.88 Å². The molecule has 0 nitrogen and oxygen atoms in total. The molecule has 0 amide bonds. The van der Waals surface area contributed by atoms with Crippen LogP contribution in [0, 0.1) is 0 Å². The molecular weight excluding hydrogens is 240 g/mol. The Bertz CT molecular complexity index is 163. The van der Waals surface area contributed by atoms with Crippen molar-refractivity contribution in [3.05, 3.63) is 12.2 Å². The molecule has 0 N–H and O–H groups in total. The molecule has 0 aliphatic carbocycles. The van der Waals surface area contributed by atoms with Gasteiger partial charge in [0.15, 0.2) is 0 Å². The Morgan fingerprint density at radius 2 is 1.06 bits per heavy atom. The lowest BCUT2D eigenvalue weighted by atomic mass is 10.0. The monoisotopic (exact) mass is 272 g/mol. The zero-order chi connectivity index (χ0) is 13.3. The van der Waals surface area contributed by atoms with Crippen molar-refractivity contribution in [1.29, 1.82) is 0 Å². The zero-order valence-electron chi connectivity index (χ0n) is 12.4. The number of halogens is 1. The van der Waals surface area contributed by atoms with Crippen LogP contribution in [0.25, 0.3) is 0 Å². The minimum absolute atomic E-state index is 0.665. The molecule has 18 heavy (non-hydrogen) atoms. The fraction of sp³-hybridized carbons (Fsp3) is 0.882. The maximum absolute atomic E-state index is 5.57. The highest BCUT2D eigenvalue weighted by Gasteiger charge is 1.92. The molecule has 1 heteroatoms. The molecule has 0 spiro atoms. The van der Waals surface area contributed by atoms with E-state index in [1.165, 1.54) is 83.5 Å². The first-order valence-electron chi connectivity index (χ1n) is 8.12. The number of allylic oxidation sites excluding steroid dienone is 2. The first kappa shape index (κ1) is 18.0. The van der Waals surface area contributed by atoms with E-state index in [2.05, 4.69) is 19.1 Å². The third-order valence-corrected chi connectivity index (χ3v) is 3.66. The third kappa shape index (κ3) is 16.0. The molecule has 0 aromatic carbocycles. The fourth-order valence-electron chi connectivity index (χ4n) is 2.28. The molecule has 0 fully saturated rings. The summed E-state index contributed by atoms with van der Waals surface area (Å²) < 4.78 is 0. The van der Waals surface area contributed by atoms with Crippen LogP contribution in [0.1, 0.15) is 90.4 Å². The van der Waals surface area contributed by atoms with E-state index >= 15 is 0 Å². The van der Waals surface area contributed by atoms with Crippen molar-refractivity contribution in [3.8, 4) is 0 Å². The van der Waals surface area contributed by atoms with Gasteiger partial charge in [-0.25, -0.2) is 0 Å². The highest BCUT2D eigenvalue weighted by molar-refractivity contribution is 6.18. The van der Waals surface area contributed by atoms with Gasteiger partial charge >= 0.3 is 0 Å². The summed E-state index contributed by atoms with van der Waals surface area (Å²) in [5.74, 6) is 0.665. The van der Waals surface area contributed by atoms with Crippen LogP contribution < -0.4 is 0 Å². The van der Waals surface area contributed by atoms with Gasteiger partial charge in [0.25, 0.3) is 0 Å². The molecule has 0 aromatic rings. The van der Waals surface area contributed by atoms with Crippen LogP contribution in [-0.4, -0.2) is 5.88 Å². The fourth-order valence-corrected chi connectivity index (χ4v) is 2.41. The Morgan fingerprint density at radius 1 is 0.611 bits per heavy atom. The molecule has 0 unspecified atom stereocenters. The third-order valence-electron chi connectivity index (χ3n) is 3.48. The van der Waals surface area contributed by atoms with Crippen LogP contribution in [0.4, 0.5) is 0 Å². The van der Waals surface area contributed by atoms with Gasteiger partial charge in [0.1, 0.15) is 0 Å². The second-order valence-corrected chi connectivity index (χ2v) is 5.61. The average Bonchev–Trinajstić information content (AvgIpc) is 2.39. The summed E-state index contributed by atoms with van der Waals surface area (Å²) in [7, 11) is 0. The van der Waals surface area contributed by atoms with Crippen LogP contribution >= 0.6 is 11.6 Å². The smallest absolute Gasteiger partial charge is 0.0404 e. The van der Waals surface area contributed by atoms with Crippen LogP contribution in [0.2, 0.25) is 0 Å². The topological polar surface area (TPSA) is 0 Å². The van der Waals surface area contributed by atoms with Crippen LogP contribution in [-0.2, 0) is 0 Å². The van der Waals surface area contributed by atoms with Crippen molar-refractivity contribution in [1.82, 2.24) is 0 Å². The Labute approximate surface area is 120 Å². The van der Waals surface area contributed by atoms with Crippen LogP contribution in [0.3, 0.4) is 0 Å². The molecule has 0 aliphatic rings. The van der Waals surface area contributed by atoms with E-state index in [0.717, 1.165) is 0 Å². The van der Waals surface area contributed by atoms with Gasteiger partial charge in [0.2, 0.25) is 0 Å². The normalized spacial score (nSPS) is 11.4. The maximum Gasteiger partial charge on any atom is 0.0404 e. The molecule has 0 aromatic heterocycles. The average molecular weight is 273 g/mol. The van der Waals surface area contributed by atoms with Gasteiger partial charge in [0.05, 0.1) is 0 Å². The van der Waals surface area contributed by atoms with Crippen molar-refractivity contribution in [2.75, 3.05) is 5.88 Å². The molecule has 0 atom stereocenters. The highest BCUT2D eigenvalue weighted by Crippen LogP contribution is 2.12. The predicted molar refractivity (Wildman–Crippen MR) is 85.6 cm³/mol. The van der Waals surface area contributed by atoms with Gasteiger partial charge < -0.3 is 0 Å². The summed E-state index contributed by atoms with van der Waals surface area (Å²) in [6.45, 7) is 2.28. The minimum Gasteiger partial charge on any atom is -0.122 e. The van der Waals surface area contributed by atoms with Crippen molar-refractivity contribution in [3.63, 3.8) is 0 Å². The van der Waals surface area contributed by atoms with E-state index in [-0.39, 0.29) is 0 Å². The lowest BCUT2D eigenvalue weighted by Gasteiger charge is -2.02. The molecule has 0 saturated carbocycles. The summed E-state index contributed by atoms with van der Waals surface area (Å²) in [4.78, 5) is 0. The van der Waals surface area contributed by atoms with Crippen LogP contribution in [0.5, 0.6) is 0 Å². The Morgan fingerprint density at radius 3 is 1.50 bits per heavy atom. The molecule has 0 radical (unpaired) electrons. The highest BCUT2D eigenvalue weighted by atomic mass is 35.5. The van der Waals surface area contributed by atoms with Gasteiger partial charge in [-0.15, -0.1) is 11.6 Å². The van der Waals surface area contributed by atoms with E-state index < -0.39 is 0 Å². The number of hydrogen-bond donors (Lipinski definition) is 0. The second kappa shape index (κ2) is 17.0. The van der Waals surface area contributed by atoms with Crippen molar-refractivity contribution in [2.24, 2.45) is 0 Å². The molecule has 0 bridgehead atoms. The molecule has 0 saturated heterocycles. The van der Waals surface area contributed by atoms with Gasteiger partial charge in [0, 0.05) is 5.88 Å². The zero-order valence-corrected chi connectivity index (χ0v) is 13.2. The summed E-state index contributed by atoms with van der Waals surface area (Å²) in [6, 6.07) is 0. The number of alkyl halides is 1. The van der Waals surface area contributed by atoms with Crippen LogP contribution in [0.15, 0.2) is 12.2 Å². The van der Waals surface area contributed by atoms with Gasteiger partial charge in [-0.05, 0) is 12.8 Å². The summed E-state index contributed by atoms with van der Waals surface area (Å²) in [5.41, 5.74) is 0. The Hall–Kier alpha value is 0.0300. The quantitative estimate of drug-likeness (QED) is 0.184. The summed E-state index contributed by atoms with van der Waals surface area (Å²) in [6.07, 6.45) is 22.6. The second-order valence-electron chi connectivity index (χ2n) is 5.30. The first-order chi connectivity index (χ1) is 8.91. The standard InChI is InChI=1S/C17H33Cl/c1-2-3-4-5-6-7-8-9-10-11-12-13-14-15-16-17-18/h15-16H,2-14,17H2,1H3. The van der Waals surface area contributed by atoms with Gasteiger partial charge in [-0.3, -0.25) is 0 Å². The molecule has 108 valence electrons. The van der Waals surface area contributed by atoms with Gasteiger partial charge in [-0.2, -0.15) is 0 Å². The van der Waals surface area contributed by atoms with Gasteiger partial charge in [-0.1, -0.05) is 89.7 Å². The molecular formula is C17H33Cl. The Balaban J connectivity index is 2.92. The first-order valence-corrected chi connectivity index (χ1v) is 8.66. The molecule has 0 aliphatic heterocycles. The van der Waals surface area contributed by atoms with E-state index in [9.17, 15) is 0 Å². The SMILES string of the molecule is CCCCCCCCCCCCCCC=CCCl. The number of hydrogen-bond acceptors (Lipinski definition) is 0. The molecule has 0 rings (SSSR count). The number of rotatable bonds is 14. The lowest BCUT2D eigenvalue weighted by molar-refractivity contribution is 0.545. The van der Waals surface area contributed by atoms with E-state index in [1.54, 1.807) is 0 Å². The maximum atomic E-state index is 5.57. The summed E-state index contributed by atoms with van der Waals surface area (Å²) >= 11 is 5.57. The van der Waals surface area contributed by atoms with E-state index in [1.807, 2.05) is 0 Å². The predicted octanol–water partition coefficient (Wildman–Crippen LogP) is 6.87. The van der Waals surface area contributed by atoms with Crippen molar-refractivity contribution >= 4 is 11.6 Å². The lowest BCUT2D eigenvalue weighted by Crippen LogP contribution is -1.82. The largest absolute Gasteiger partial charge is 0.122 e. The van der Waals surface area contributed by atoms with Crippen molar-refractivity contribution in [2.45, 2.75) is 90.4 Å². The minimum atomic E-state index is 0.665. The van der Waals surface area contributed by atoms with Crippen molar-refractivity contribution < 1.29 is 0 Å². The summed E-state index contributed by atoms with van der Waals surface area (Å²) in [5, 5.41) is 0. The molecule has 0 heterocycles.